The molecule has 6 heteroatoms. The molecule has 3 N–H and O–H groups in total. The van der Waals surface area contributed by atoms with Gasteiger partial charge in [0.05, 0.1) is 12.2 Å². The molecule has 1 aromatic rings. The fourth-order valence-corrected chi connectivity index (χ4v) is 1.67. The SMILES string of the molecule is NCCC(O)(COC(F)(F)F)Cc1ccccc1. The van der Waals surface area contributed by atoms with E-state index in [1.165, 1.54) is 0 Å². The first-order chi connectivity index (χ1) is 8.35. The van der Waals surface area contributed by atoms with Gasteiger partial charge in [-0.25, -0.2) is 0 Å². The molecular weight excluding hydrogens is 247 g/mol. The Balaban J connectivity index is 2.68. The lowest BCUT2D eigenvalue weighted by Crippen LogP contribution is -2.41. The molecule has 0 aliphatic carbocycles. The van der Waals surface area contributed by atoms with Gasteiger partial charge in [0, 0.05) is 6.42 Å². The minimum absolute atomic E-state index is 0.0397. The summed E-state index contributed by atoms with van der Waals surface area (Å²) >= 11 is 0. The first-order valence-electron chi connectivity index (χ1n) is 5.52. The quantitative estimate of drug-likeness (QED) is 0.823. The molecule has 1 unspecified atom stereocenters. The topological polar surface area (TPSA) is 55.5 Å². The average Bonchev–Trinajstić information content (AvgIpc) is 2.27. The molecule has 0 fully saturated rings. The number of ether oxygens (including phenoxy) is 1. The van der Waals surface area contributed by atoms with Crippen molar-refractivity contribution in [1.82, 2.24) is 0 Å². The molecule has 1 aromatic carbocycles. The maximum atomic E-state index is 12.0. The Hall–Kier alpha value is -1.11. The van der Waals surface area contributed by atoms with Crippen LogP contribution in [-0.2, 0) is 11.2 Å². The van der Waals surface area contributed by atoms with Crippen LogP contribution in [0.2, 0.25) is 0 Å². The van der Waals surface area contributed by atoms with Crippen LogP contribution < -0.4 is 5.73 Å². The van der Waals surface area contributed by atoms with Gasteiger partial charge in [-0.2, -0.15) is 0 Å². The molecule has 0 saturated carbocycles. The lowest BCUT2D eigenvalue weighted by atomic mass is 9.92. The average molecular weight is 263 g/mol. The minimum atomic E-state index is -4.75. The number of aliphatic hydroxyl groups is 1. The smallest absolute Gasteiger partial charge is 0.387 e. The fraction of sp³-hybridized carbons (Fsp3) is 0.500. The Morgan fingerprint density at radius 2 is 1.78 bits per heavy atom. The Labute approximate surface area is 103 Å². The van der Waals surface area contributed by atoms with Crippen LogP contribution in [0.1, 0.15) is 12.0 Å². The van der Waals surface area contributed by atoms with Gasteiger partial charge in [-0.15, -0.1) is 13.2 Å². The van der Waals surface area contributed by atoms with E-state index in [2.05, 4.69) is 4.74 Å². The summed E-state index contributed by atoms with van der Waals surface area (Å²) in [6.45, 7) is -0.729. The number of nitrogens with two attached hydrogens (primary N) is 1. The van der Waals surface area contributed by atoms with E-state index in [1.807, 2.05) is 0 Å². The molecule has 0 radical (unpaired) electrons. The third-order valence-corrected chi connectivity index (χ3v) is 2.49. The summed E-state index contributed by atoms with van der Waals surface area (Å²) in [6.07, 6.45) is -4.64. The van der Waals surface area contributed by atoms with Crippen molar-refractivity contribution in [1.29, 1.82) is 0 Å². The Bertz CT molecular complexity index is 356. The summed E-state index contributed by atoms with van der Waals surface area (Å²) in [4.78, 5) is 0. The van der Waals surface area contributed by atoms with Gasteiger partial charge in [-0.3, -0.25) is 4.74 Å². The van der Waals surface area contributed by atoms with E-state index >= 15 is 0 Å². The van der Waals surface area contributed by atoms with Gasteiger partial charge in [0.15, 0.2) is 0 Å². The van der Waals surface area contributed by atoms with Crippen molar-refractivity contribution >= 4 is 0 Å². The van der Waals surface area contributed by atoms with E-state index in [1.54, 1.807) is 30.3 Å². The van der Waals surface area contributed by atoms with Crippen LogP contribution in [0, 0.1) is 0 Å². The van der Waals surface area contributed by atoms with Crippen LogP contribution in [0.4, 0.5) is 13.2 Å². The van der Waals surface area contributed by atoms with E-state index in [4.69, 9.17) is 5.73 Å². The molecule has 3 nitrogen and oxygen atoms in total. The number of rotatable bonds is 6. The molecule has 0 aliphatic rings. The van der Waals surface area contributed by atoms with E-state index in [0.717, 1.165) is 5.56 Å². The zero-order chi connectivity index (χ0) is 13.6. The molecule has 0 aromatic heterocycles. The van der Waals surface area contributed by atoms with Crippen LogP contribution in [0.3, 0.4) is 0 Å². The van der Waals surface area contributed by atoms with Gasteiger partial charge in [0.1, 0.15) is 0 Å². The first kappa shape index (κ1) is 14.9. The number of hydrogen-bond acceptors (Lipinski definition) is 3. The standard InChI is InChI=1S/C12H16F3NO2/c13-12(14,15)18-9-11(17,6-7-16)8-10-4-2-1-3-5-10/h1-5,17H,6-9,16H2. The number of hydrogen-bond donors (Lipinski definition) is 2. The Morgan fingerprint density at radius 1 is 1.17 bits per heavy atom. The fourth-order valence-electron chi connectivity index (χ4n) is 1.67. The van der Waals surface area contributed by atoms with E-state index in [-0.39, 0.29) is 19.4 Å². The van der Waals surface area contributed by atoms with Crippen molar-refractivity contribution in [3.63, 3.8) is 0 Å². The normalized spacial score (nSPS) is 15.4. The van der Waals surface area contributed by atoms with Gasteiger partial charge in [-0.05, 0) is 18.5 Å². The van der Waals surface area contributed by atoms with Crippen molar-refractivity contribution < 1.29 is 23.0 Å². The summed E-state index contributed by atoms with van der Waals surface area (Å²) in [6, 6.07) is 8.76. The Kier molecular flexibility index (Phi) is 5.13. The third-order valence-electron chi connectivity index (χ3n) is 2.49. The molecule has 0 amide bonds. The monoisotopic (exact) mass is 263 g/mol. The maximum absolute atomic E-state index is 12.0. The van der Waals surface area contributed by atoms with Crippen LogP contribution in [-0.4, -0.2) is 30.2 Å². The molecule has 0 saturated heterocycles. The molecule has 18 heavy (non-hydrogen) atoms. The van der Waals surface area contributed by atoms with E-state index in [0.29, 0.717) is 0 Å². The largest absolute Gasteiger partial charge is 0.522 e. The molecule has 102 valence electrons. The van der Waals surface area contributed by atoms with Crippen molar-refractivity contribution in [2.45, 2.75) is 24.8 Å². The molecule has 1 atom stereocenters. The van der Waals surface area contributed by atoms with Gasteiger partial charge < -0.3 is 10.8 Å². The van der Waals surface area contributed by atoms with Crippen LogP contribution in [0.5, 0.6) is 0 Å². The highest BCUT2D eigenvalue weighted by Gasteiger charge is 2.35. The number of benzene rings is 1. The van der Waals surface area contributed by atoms with Crippen LogP contribution >= 0.6 is 0 Å². The maximum Gasteiger partial charge on any atom is 0.522 e. The molecule has 0 aliphatic heterocycles. The predicted molar refractivity (Wildman–Crippen MR) is 60.8 cm³/mol. The Morgan fingerprint density at radius 3 is 2.28 bits per heavy atom. The lowest BCUT2D eigenvalue weighted by molar-refractivity contribution is -0.337. The molecule has 0 spiro atoms. The van der Waals surface area contributed by atoms with Gasteiger partial charge in [-0.1, -0.05) is 30.3 Å². The molecule has 0 heterocycles. The predicted octanol–water partition coefficient (Wildman–Crippen LogP) is 1.85. The number of halogens is 3. The summed E-state index contributed by atoms with van der Waals surface area (Å²) in [5.74, 6) is 0. The van der Waals surface area contributed by atoms with Crippen LogP contribution in [0.25, 0.3) is 0 Å². The minimum Gasteiger partial charge on any atom is -0.387 e. The summed E-state index contributed by atoms with van der Waals surface area (Å²) in [5, 5.41) is 10.1. The van der Waals surface area contributed by atoms with Gasteiger partial charge in [0.2, 0.25) is 0 Å². The van der Waals surface area contributed by atoms with Gasteiger partial charge in [0.25, 0.3) is 0 Å². The summed E-state index contributed by atoms with van der Waals surface area (Å²) < 4.78 is 39.7. The van der Waals surface area contributed by atoms with Crippen LogP contribution in [0.15, 0.2) is 30.3 Å². The number of alkyl halides is 3. The van der Waals surface area contributed by atoms with Crippen molar-refractivity contribution in [3.05, 3.63) is 35.9 Å². The van der Waals surface area contributed by atoms with E-state index < -0.39 is 18.6 Å². The lowest BCUT2D eigenvalue weighted by Gasteiger charge is -2.28. The molecular formula is C12H16F3NO2. The summed E-state index contributed by atoms with van der Waals surface area (Å²) in [5.41, 5.74) is 4.44. The van der Waals surface area contributed by atoms with Gasteiger partial charge >= 0.3 is 6.36 Å². The highest BCUT2D eigenvalue weighted by Crippen LogP contribution is 2.23. The zero-order valence-corrected chi connectivity index (χ0v) is 9.78. The van der Waals surface area contributed by atoms with Crippen molar-refractivity contribution in [2.75, 3.05) is 13.2 Å². The van der Waals surface area contributed by atoms with E-state index in [9.17, 15) is 18.3 Å². The van der Waals surface area contributed by atoms with Crippen molar-refractivity contribution in [3.8, 4) is 0 Å². The molecule has 0 bridgehead atoms. The first-order valence-corrected chi connectivity index (χ1v) is 5.52. The second-order valence-electron chi connectivity index (χ2n) is 4.16. The highest BCUT2D eigenvalue weighted by atomic mass is 19.4. The second kappa shape index (κ2) is 6.17. The van der Waals surface area contributed by atoms with Crippen molar-refractivity contribution in [2.24, 2.45) is 5.73 Å². The highest BCUT2D eigenvalue weighted by molar-refractivity contribution is 5.17. The second-order valence-corrected chi connectivity index (χ2v) is 4.16. The third kappa shape index (κ3) is 5.48. The molecule has 1 rings (SSSR count). The zero-order valence-electron chi connectivity index (χ0n) is 9.78. The summed E-state index contributed by atoms with van der Waals surface area (Å²) in [7, 11) is 0.